The van der Waals surface area contributed by atoms with Crippen molar-refractivity contribution in [3.05, 3.63) is 53.0 Å². The summed E-state index contributed by atoms with van der Waals surface area (Å²) < 4.78 is 10.3. The van der Waals surface area contributed by atoms with Gasteiger partial charge in [0.05, 0.1) is 13.4 Å². The van der Waals surface area contributed by atoms with Crippen LogP contribution in [0.15, 0.2) is 34.9 Å². The molecule has 1 aromatic carbocycles. The normalized spacial score (nSPS) is 12.1. The largest absolute Gasteiger partial charge is 0.496 e. The molecule has 0 unspecified atom stereocenters. The van der Waals surface area contributed by atoms with Gasteiger partial charge in [0.25, 0.3) is 0 Å². The van der Waals surface area contributed by atoms with Crippen LogP contribution >= 0.6 is 0 Å². The molecule has 0 radical (unpaired) electrons. The van der Waals surface area contributed by atoms with Crippen LogP contribution in [0.2, 0.25) is 0 Å². The zero-order valence-corrected chi connectivity index (χ0v) is 12.3. The number of rotatable bonds is 6. The zero-order chi connectivity index (χ0) is 15.4. The lowest BCUT2D eigenvalue weighted by Crippen LogP contribution is -2.18. The van der Waals surface area contributed by atoms with E-state index in [4.69, 9.17) is 9.15 Å². The van der Waals surface area contributed by atoms with Crippen molar-refractivity contribution in [2.45, 2.75) is 26.4 Å². The Morgan fingerprint density at radius 3 is 2.76 bits per heavy atom. The molecule has 0 aliphatic rings. The molecular weight excluding hydrogens is 270 g/mol. The maximum absolute atomic E-state index is 11.2. The number of benzene rings is 1. The van der Waals surface area contributed by atoms with Crippen LogP contribution in [0.4, 0.5) is 0 Å². The molecule has 0 bridgehead atoms. The van der Waals surface area contributed by atoms with E-state index in [9.17, 15) is 9.90 Å². The van der Waals surface area contributed by atoms with Gasteiger partial charge in [-0.15, -0.1) is 0 Å². The van der Waals surface area contributed by atoms with Crippen molar-refractivity contribution >= 4 is 5.97 Å². The SMILES string of the molecule is COc1ccc([C@H](C)NCc2ccoc2C)cc1C(=O)O. The van der Waals surface area contributed by atoms with Crippen molar-refractivity contribution < 1.29 is 19.1 Å². The molecule has 5 heteroatoms. The standard InChI is InChI=1S/C16H19NO4/c1-10(17-9-13-6-7-21-11(13)2)12-4-5-15(20-3)14(8-12)16(18)19/h4-8,10,17H,9H2,1-3H3,(H,18,19)/t10-/m0/s1. The number of carboxylic acids is 1. The summed E-state index contributed by atoms with van der Waals surface area (Å²) in [6.07, 6.45) is 1.66. The first kappa shape index (κ1) is 15.1. The summed E-state index contributed by atoms with van der Waals surface area (Å²) >= 11 is 0. The maximum atomic E-state index is 11.2. The fourth-order valence-corrected chi connectivity index (χ4v) is 2.14. The summed E-state index contributed by atoms with van der Waals surface area (Å²) in [5.41, 5.74) is 2.16. The minimum atomic E-state index is -0.994. The highest BCUT2D eigenvalue weighted by Crippen LogP contribution is 2.23. The molecule has 5 nitrogen and oxygen atoms in total. The van der Waals surface area contributed by atoms with Gasteiger partial charge in [-0.25, -0.2) is 4.79 Å². The number of ether oxygens (including phenoxy) is 1. The van der Waals surface area contributed by atoms with Gasteiger partial charge in [-0.05, 0) is 37.6 Å². The first-order valence-corrected chi connectivity index (χ1v) is 6.70. The second-order valence-corrected chi connectivity index (χ2v) is 4.87. The quantitative estimate of drug-likeness (QED) is 0.854. The van der Waals surface area contributed by atoms with Crippen LogP contribution < -0.4 is 10.1 Å². The monoisotopic (exact) mass is 289 g/mol. The van der Waals surface area contributed by atoms with Crippen LogP contribution in [-0.4, -0.2) is 18.2 Å². The van der Waals surface area contributed by atoms with E-state index in [0.29, 0.717) is 12.3 Å². The molecule has 0 amide bonds. The highest BCUT2D eigenvalue weighted by molar-refractivity contribution is 5.91. The number of carbonyl (C=O) groups is 1. The van der Waals surface area contributed by atoms with Crippen molar-refractivity contribution in [1.82, 2.24) is 5.32 Å². The average molecular weight is 289 g/mol. The Kier molecular flexibility index (Phi) is 4.65. The molecule has 0 saturated carbocycles. The number of furan rings is 1. The number of methoxy groups -OCH3 is 1. The number of hydrogen-bond donors (Lipinski definition) is 2. The highest BCUT2D eigenvalue weighted by Gasteiger charge is 2.14. The smallest absolute Gasteiger partial charge is 0.339 e. The van der Waals surface area contributed by atoms with E-state index in [-0.39, 0.29) is 11.6 Å². The molecule has 1 aromatic heterocycles. The minimum absolute atomic E-state index is 0.0170. The Bertz CT molecular complexity index is 633. The first-order valence-electron chi connectivity index (χ1n) is 6.70. The molecule has 0 spiro atoms. The van der Waals surface area contributed by atoms with E-state index in [0.717, 1.165) is 16.9 Å². The summed E-state index contributed by atoms with van der Waals surface area (Å²) in [5.74, 6) is 0.256. The van der Waals surface area contributed by atoms with Gasteiger partial charge in [0, 0.05) is 18.2 Å². The Labute approximate surface area is 123 Å². The molecule has 2 aromatic rings. The molecule has 0 fully saturated rings. The predicted octanol–water partition coefficient (Wildman–Crippen LogP) is 3.15. The van der Waals surface area contributed by atoms with Gasteiger partial charge >= 0.3 is 5.97 Å². The van der Waals surface area contributed by atoms with E-state index >= 15 is 0 Å². The third-order valence-electron chi connectivity index (χ3n) is 3.52. The summed E-state index contributed by atoms with van der Waals surface area (Å²) in [6, 6.07) is 7.13. The third-order valence-corrected chi connectivity index (χ3v) is 3.52. The molecule has 21 heavy (non-hydrogen) atoms. The average Bonchev–Trinajstić information content (AvgIpc) is 2.89. The first-order chi connectivity index (χ1) is 10.0. The van der Waals surface area contributed by atoms with Gasteiger partial charge in [-0.3, -0.25) is 0 Å². The van der Waals surface area contributed by atoms with Gasteiger partial charge in [0.15, 0.2) is 0 Å². The van der Waals surface area contributed by atoms with E-state index in [1.807, 2.05) is 26.0 Å². The van der Waals surface area contributed by atoms with Crippen LogP contribution in [0.5, 0.6) is 5.75 Å². The highest BCUT2D eigenvalue weighted by atomic mass is 16.5. The van der Waals surface area contributed by atoms with Gasteiger partial charge in [-0.2, -0.15) is 0 Å². The van der Waals surface area contributed by atoms with Gasteiger partial charge in [0.2, 0.25) is 0 Å². The molecule has 2 N–H and O–H groups in total. The topological polar surface area (TPSA) is 71.7 Å². The summed E-state index contributed by atoms with van der Waals surface area (Å²) in [7, 11) is 1.46. The molecule has 1 heterocycles. The Morgan fingerprint density at radius 1 is 1.43 bits per heavy atom. The second-order valence-electron chi connectivity index (χ2n) is 4.87. The lowest BCUT2D eigenvalue weighted by atomic mass is 10.0. The van der Waals surface area contributed by atoms with Crippen molar-refractivity contribution in [2.24, 2.45) is 0 Å². The Morgan fingerprint density at radius 2 is 2.19 bits per heavy atom. The fourth-order valence-electron chi connectivity index (χ4n) is 2.14. The molecule has 0 aliphatic carbocycles. The number of carboxylic acid groups (broad SMARTS) is 1. The van der Waals surface area contributed by atoms with Gasteiger partial charge < -0.3 is 19.6 Å². The summed E-state index contributed by atoms with van der Waals surface area (Å²) in [6.45, 7) is 4.57. The molecule has 112 valence electrons. The van der Waals surface area contributed by atoms with Crippen molar-refractivity contribution in [3.8, 4) is 5.75 Å². The van der Waals surface area contributed by atoms with E-state index < -0.39 is 5.97 Å². The van der Waals surface area contributed by atoms with E-state index in [1.54, 1.807) is 18.4 Å². The van der Waals surface area contributed by atoms with Crippen LogP contribution in [0.25, 0.3) is 0 Å². The van der Waals surface area contributed by atoms with Crippen LogP contribution in [0, 0.1) is 6.92 Å². The van der Waals surface area contributed by atoms with Gasteiger partial charge in [0.1, 0.15) is 17.1 Å². The third kappa shape index (κ3) is 3.44. The molecular formula is C16H19NO4. The van der Waals surface area contributed by atoms with Crippen LogP contribution in [0.3, 0.4) is 0 Å². The second kappa shape index (κ2) is 6.45. The fraction of sp³-hybridized carbons (Fsp3) is 0.312. The lowest BCUT2D eigenvalue weighted by molar-refractivity contribution is 0.0693. The number of aromatic carboxylic acids is 1. The van der Waals surface area contributed by atoms with Crippen molar-refractivity contribution in [1.29, 1.82) is 0 Å². The van der Waals surface area contributed by atoms with Gasteiger partial charge in [-0.1, -0.05) is 6.07 Å². The van der Waals surface area contributed by atoms with Crippen LogP contribution in [-0.2, 0) is 6.54 Å². The lowest BCUT2D eigenvalue weighted by Gasteiger charge is -2.15. The van der Waals surface area contributed by atoms with Crippen LogP contribution in [0.1, 0.15) is 40.2 Å². The number of aryl methyl sites for hydroxylation is 1. The maximum Gasteiger partial charge on any atom is 0.339 e. The molecule has 2 rings (SSSR count). The number of hydrogen-bond acceptors (Lipinski definition) is 4. The Balaban J connectivity index is 2.12. The zero-order valence-electron chi connectivity index (χ0n) is 12.3. The van der Waals surface area contributed by atoms with E-state index in [2.05, 4.69) is 5.32 Å². The van der Waals surface area contributed by atoms with E-state index in [1.165, 1.54) is 7.11 Å². The van der Waals surface area contributed by atoms with Crippen molar-refractivity contribution in [2.75, 3.05) is 7.11 Å². The number of nitrogens with one attached hydrogen (secondary N) is 1. The predicted molar refractivity (Wildman–Crippen MR) is 78.7 cm³/mol. The molecule has 0 aliphatic heterocycles. The minimum Gasteiger partial charge on any atom is -0.496 e. The van der Waals surface area contributed by atoms with Crippen molar-refractivity contribution in [3.63, 3.8) is 0 Å². The molecule has 1 atom stereocenters. The summed E-state index contributed by atoms with van der Waals surface area (Å²) in [5, 5.41) is 12.6. The molecule has 0 saturated heterocycles. The summed E-state index contributed by atoms with van der Waals surface area (Å²) in [4.78, 5) is 11.2. The Hall–Kier alpha value is -2.27.